The number of carbonyl (C=O) groups is 3. The first-order valence-electron chi connectivity index (χ1n) is 22.3. The van der Waals surface area contributed by atoms with Gasteiger partial charge in [-0.1, -0.05) is 152 Å². The number of hydrogen-bond donors (Lipinski definition) is 0. The van der Waals surface area contributed by atoms with E-state index in [4.69, 9.17) is 14.2 Å². The van der Waals surface area contributed by atoms with Crippen LogP contribution in [-0.2, 0) is 28.6 Å². The average molecular weight is 755 g/mol. The molecule has 310 valence electrons. The Morgan fingerprint density at radius 3 is 1.20 bits per heavy atom. The lowest BCUT2D eigenvalue weighted by molar-refractivity contribution is -0.167. The van der Waals surface area contributed by atoms with Crippen LogP contribution in [0.25, 0.3) is 0 Å². The maximum atomic E-state index is 12.7. The van der Waals surface area contributed by atoms with Crippen LogP contribution in [0.4, 0.5) is 0 Å². The summed E-state index contributed by atoms with van der Waals surface area (Å²) in [5, 5.41) is 0. The topological polar surface area (TPSA) is 78.9 Å². The van der Waals surface area contributed by atoms with Crippen LogP contribution in [0.5, 0.6) is 0 Å². The van der Waals surface area contributed by atoms with Gasteiger partial charge in [0.1, 0.15) is 13.2 Å². The summed E-state index contributed by atoms with van der Waals surface area (Å²) in [5.74, 6) is -0.942. The zero-order valence-corrected chi connectivity index (χ0v) is 35.2. The van der Waals surface area contributed by atoms with E-state index in [9.17, 15) is 14.4 Å². The maximum Gasteiger partial charge on any atom is 0.306 e. The zero-order valence-electron chi connectivity index (χ0n) is 35.2. The molecule has 0 bridgehead atoms. The molecular weight excluding hydrogens is 673 g/mol. The van der Waals surface area contributed by atoms with Crippen LogP contribution in [0.3, 0.4) is 0 Å². The third-order valence-electron chi connectivity index (χ3n) is 9.23. The van der Waals surface area contributed by atoms with Crippen molar-refractivity contribution in [3.05, 3.63) is 60.8 Å². The number of unbranched alkanes of at least 4 members (excludes halogenated alkanes) is 18. The fourth-order valence-corrected chi connectivity index (χ4v) is 5.84. The van der Waals surface area contributed by atoms with E-state index in [1.165, 1.54) is 44.9 Å². The van der Waals surface area contributed by atoms with Crippen LogP contribution in [0, 0.1) is 0 Å². The van der Waals surface area contributed by atoms with Gasteiger partial charge >= 0.3 is 17.9 Å². The van der Waals surface area contributed by atoms with Gasteiger partial charge in [0, 0.05) is 19.3 Å². The molecule has 1 atom stereocenters. The second-order valence-electron chi connectivity index (χ2n) is 14.6. The average Bonchev–Trinajstić information content (AvgIpc) is 3.17. The summed E-state index contributed by atoms with van der Waals surface area (Å²) in [7, 11) is 0. The van der Waals surface area contributed by atoms with Gasteiger partial charge in [0.05, 0.1) is 0 Å². The van der Waals surface area contributed by atoms with Crippen molar-refractivity contribution in [2.75, 3.05) is 13.2 Å². The molecule has 0 aliphatic heterocycles. The molecule has 0 radical (unpaired) electrons. The monoisotopic (exact) mass is 755 g/mol. The van der Waals surface area contributed by atoms with Gasteiger partial charge in [-0.05, 0) is 96.3 Å². The Balaban J connectivity index is 4.44. The highest BCUT2D eigenvalue weighted by molar-refractivity contribution is 5.71. The predicted octanol–water partition coefficient (Wildman–Crippen LogP) is 14.1. The number of ether oxygens (including phenoxy) is 3. The Labute approximate surface area is 332 Å². The molecule has 6 nitrogen and oxygen atoms in total. The largest absolute Gasteiger partial charge is 0.462 e. The van der Waals surface area contributed by atoms with E-state index >= 15 is 0 Å². The second kappa shape index (κ2) is 42.8. The van der Waals surface area contributed by atoms with Crippen LogP contribution >= 0.6 is 0 Å². The van der Waals surface area contributed by atoms with Crippen LogP contribution in [0.1, 0.15) is 207 Å². The lowest BCUT2D eigenvalue weighted by Crippen LogP contribution is -2.30. The van der Waals surface area contributed by atoms with Crippen molar-refractivity contribution in [2.45, 2.75) is 213 Å². The Morgan fingerprint density at radius 2 is 0.741 bits per heavy atom. The molecule has 0 amide bonds. The molecule has 0 spiro atoms. The highest BCUT2D eigenvalue weighted by Gasteiger charge is 2.19. The van der Waals surface area contributed by atoms with Crippen molar-refractivity contribution >= 4 is 17.9 Å². The standard InChI is InChI=1S/C48H82O6/c1-4-7-10-13-16-19-22-24-25-27-29-32-35-38-41-47(50)53-44-45(43-52-46(49)40-37-34-31-28-21-18-15-12-9-6-3)54-48(51)42-39-36-33-30-26-23-20-17-14-11-8-5-2/h7,10,15-20,24-25,45H,4-6,8-9,11-14,21-23,26-44H2,1-3H3/b10-7-,18-15-,19-16-,20-17-,25-24-. The van der Waals surface area contributed by atoms with Gasteiger partial charge in [0.25, 0.3) is 0 Å². The Bertz CT molecular complexity index is 1010. The molecule has 0 fully saturated rings. The minimum Gasteiger partial charge on any atom is -0.462 e. The van der Waals surface area contributed by atoms with Crippen molar-refractivity contribution in [1.82, 2.24) is 0 Å². The maximum absolute atomic E-state index is 12.7. The summed E-state index contributed by atoms with van der Waals surface area (Å²) in [6.45, 7) is 6.40. The summed E-state index contributed by atoms with van der Waals surface area (Å²) >= 11 is 0. The molecule has 6 heteroatoms. The third kappa shape index (κ3) is 40.3. The highest BCUT2D eigenvalue weighted by atomic mass is 16.6. The van der Waals surface area contributed by atoms with Gasteiger partial charge in [-0.25, -0.2) is 0 Å². The molecule has 1 unspecified atom stereocenters. The molecule has 0 aliphatic carbocycles. The van der Waals surface area contributed by atoms with Crippen molar-refractivity contribution in [3.8, 4) is 0 Å². The highest BCUT2D eigenvalue weighted by Crippen LogP contribution is 2.12. The van der Waals surface area contributed by atoms with Gasteiger partial charge in [0.15, 0.2) is 6.10 Å². The number of allylic oxidation sites excluding steroid dienone is 10. The quantitative estimate of drug-likeness (QED) is 0.0269. The molecule has 0 aromatic heterocycles. The van der Waals surface area contributed by atoms with Crippen molar-refractivity contribution < 1.29 is 28.6 Å². The fraction of sp³-hybridized carbons (Fsp3) is 0.729. The summed E-state index contributed by atoms with van der Waals surface area (Å²) in [4.78, 5) is 37.7. The number of esters is 3. The Morgan fingerprint density at radius 1 is 0.389 bits per heavy atom. The second-order valence-corrected chi connectivity index (χ2v) is 14.6. The van der Waals surface area contributed by atoms with E-state index in [1.807, 2.05) is 0 Å². The van der Waals surface area contributed by atoms with Gasteiger partial charge in [-0.3, -0.25) is 14.4 Å². The molecule has 0 aromatic carbocycles. The summed E-state index contributed by atoms with van der Waals surface area (Å²) in [5.41, 5.74) is 0. The third-order valence-corrected chi connectivity index (χ3v) is 9.23. The van der Waals surface area contributed by atoms with E-state index in [0.29, 0.717) is 19.3 Å². The minimum absolute atomic E-state index is 0.0917. The van der Waals surface area contributed by atoms with Gasteiger partial charge in [-0.15, -0.1) is 0 Å². The van der Waals surface area contributed by atoms with Gasteiger partial charge < -0.3 is 14.2 Å². The van der Waals surface area contributed by atoms with Gasteiger partial charge in [0.2, 0.25) is 0 Å². The van der Waals surface area contributed by atoms with Crippen LogP contribution in [-0.4, -0.2) is 37.2 Å². The smallest absolute Gasteiger partial charge is 0.306 e. The van der Waals surface area contributed by atoms with E-state index in [0.717, 1.165) is 122 Å². The molecule has 0 N–H and O–H groups in total. The molecule has 0 saturated carbocycles. The summed E-state index contributed by atoms with van der Waals surface area (Å²) < 4.78 is 16.6. The SMILES string of the molecule is CC/C=C\C/C=C\C/C=C\CCCCCCC(=O)OCC(COC(=O)CCCCCC/C=C\CCCC)OC(=O)CCCCCCC/C=C\CCCCC. The van der Waals surface area contributed by atoms with E-state index in [-0.39, 0.29) is 31.1 Å². The number of hydrogen-bond acceptors (Lipinski definition) is 6. The van der Waals surface area contributed by atoms with E-state index < -0.39 is 6.10 Å². The van der Waals surface area contributed by atoms with Crippen molar-refractivity contribution in [3.63, 3.8) is 0 Å². The Hall–Kier alpha value is -2.89. The van der Waals surface area contributed by atoms with E-state index in [1.54, 1.807) is 0 Å². The molecular formula is C48H82O6. The zero-order chi connectivity index (χ0) is 39.4. The van der Waals surface area contributed by atoms with Crippen molar-refractivity contribution in [1.29, 1.82) is 0 Å². The molecule has 0 heterocycles. The molecule has 0 aromatic rings. The Kier molecular flexibility index (Phi) is 40.6. The lowest BCUT2D eigenvalue weighted by Gasteiger charge is -2.18. The molecule has 0 saturated heterocycles. The number of carbonyl (C=O) groups excluding carboxylic acids is 3. The summed E-state index contributed by atoms with van der Waals surface area (Å²) in [6.07, 6.45) is 50.6. The van der Waals surface area contributed by atoms with E-state index in [2.05, 4.69) is 81.5 Å². The lowest BCUT2D eigenvalue weighted by atomic mass is 10.1. The van der Waals surface area contributed by atoms with Crippen LogP contribution < -0.4 is 0 Å². The fourth-order valence-electron chi connectivity index (χ4n) is 5.84. The van der Waals surface area contributed by atoms with Gasteiger partial charge in [-0.2, -0.15) is 0 Å². The normalized spacial score (nSPS) is 12.6. The molecule has 0 rings (SSSR count). The van der Waals surface area contributed by atoms with Crippen LogP contribution in [0.15, 0.2) is 60.8 Å². The van der Waals surface area contributed by atoms with Crippen LogP contribution in [0.2, 0.25) is 0 Å². The summed E-state index contributed by atoms with van der Waals surface area (Å²) in [6, 6.07) is 0. The first-order chi connectivity index (χ1) is 26.5. The number of rotatable bonds is 39. The first-order valence-corrected chi connectivity index (χ1v) is 22.3. The minimum atomic E-state index is -0.788. The van der Waals surface area contributed by atoms with Crippen molar-refractivity contribution in [2.24, 2.45) is 0 Å². The first kappa shape index (κ1) is 51.1. The predicted molar refractivity (Wildman–Crippen MR) is 228 cm³/mol. The molecule has 54 heavy (non-hydrogen) atoms. The molecule has 0 aliphatic rings.